The topological polar surface area (TPSA) is 100 Å². The molecule has 8 heteroatoms. The number of benzene rings is 2. The third-order valence-electron chi connectivity index (χ3n) is 6.32. The number of hydrogen-bond acceptors (Lipinski definition) is 5. The van der Waals surface area contributed by atoms with Gasteiger partial charge in [-0.25, -0.2) is 9.59 Å². The van der Waals surface area contributed by atoms with E-state index in [1.807, 2.05) is 51.1 Å². The molecule has 0 bridgehead atoms. The summed E-state index contributed by atoms with van der Waals surface area (Å²) in [7, 11) is 0. The third kappa shape index (κ3) is 6.76. The van der Waals surface area contributed by atoms with Crippen LogP contribution in [-0.2, 0) is 30.8 Å². The smallest absolute Gasteiger partial charge is 0.410 e. The lowest BCUT2D eigenvalue weighted by Gasteiger charge is -2.27. The first kappa shape index (κ1) is 26.9. The zero-order chi connectivity index (χ0) is 27.3. The van der Waals surface area contributed by atoms with E-state index in [9.17, 15) is 19.5 Å². The molecule has 8 nitrogen and oxygen atoms in total. The van der Waals surface area contributed by atoms with Gasteiger partial charge in [0.05, 0.1) is 17.7 Å². The molecule has 0 saturated heterocycles. The highest BCUT2D eigenvalue weighted by atomic mass is 16.6. The highest BCUT2D eigenvalue weighted by Crippen LogP contribution is 2.25. The number of rotatable bonds is 6. The van der Waals surface area contributed by atoms with Crippen molar-refractivity contribution in [1.29, 1.82) is 0 Å². The average Bonchev–Trinajstić information content (AvgIpc) is 3.11. The molecule has 2 amide bonds. The van der Waals surface area contributed by atoms with Crippen LogP contribution in [-0.4, -0.2) is 50.0 Å². The number of ether oxygens (including phenoxy) is 1. The quantitative estimate of drug-likeness (QED) is 0.478. The molecule has 1 aliphatic heterocycles. The monoisotopic (exact) mass is 515 g/mol. The Morgan fingerprint density at radius 1 is 0.974 bits per heavy atom. The Morgan fingerprint density at radius 3 is 2.26 bits per heavy atom. The molecule has 1 aromatic heterocycles. The van der Waals surface area contributed by atoms with Gasteiger partial charge in [0.15, 0.2) is 0 Å². The Hall–Kier alpha value is -4.20. The van der Waals surface area contributed by atoms with Crippen molar-refractivity contribution in [3.63, 3.8) is 0 Å². The lowest BCUT2D eigenvalue weighted by molar-refractivity contribution is 0.0236. The van der Waals surface area contributed by atoms with Crippen molar-refractivity contribution in [2.75, 3.05) is 6.54 Å². The van der Waals surface area contributed by atoms with Gasteiger partial charge in [0, 0.05) is 32.0 Å². The molecule has 2 heterocycles. The van der Waals surface area contributed by atoms with Crippen LogP contribution in [0.1, 0.15) is 70.2 Å². The predicted molar refractivity (Wildman–Crippen MR) is 143 cm³/mol. The van der Waals surface area contributed by atoms with E-state index < -0.39 is 11.6 Å². The van der Waals surface area contributed by atoms with E-state index in [-0.39, 0.29) is 17.6 Å². The molecule has 1 N–H and O–H groups in total. The Morgan fingerprint density at radius 2 is 1.63 bits per heavy atom. The van der Waals surface area contributed by atoms with E-state index >= 15 is 0 Å². The molecule has 0 fully saturated rings. The molecule has 4 rings (SSSR count). The minimum absolute atomic E-state index is 0.161. The van der Waals surface area contributed by atoms with E-state index in [1.54, 1.807) is 46.5 Å². The normalized spacial score (nSPS) is 13.3. The highest BCUT2D eigenvalue weighted by Gasteiger charge is 2.28. The van der Waals surface area contributed by atoms with Gasteiger partial charge in [-0.2, -0.15) is 0 Å². The fraction of sp³-hybridized carbons (Fsp3) is 0.333. The second-order valence-electron chi connectivity index (χ2n) is 10.5. The molecule has 3 aromatic rings. The molecular weight excluding hydrogens is 482 g/mol. The summed E-state index contributed by atoms with van der Waals surface area (Å²) in [6, 6.07) is 16.3. The number of pyridine rings is 1. The summed E-state index contributed by atoms with van der Waals surface area (Å²) in [5.41, 5.74) is 3.66. The van der Waals surface area contributed by atoms with Crippen molar-refractivity contribution < 1.29 is 24.2 Å². The van der Waals surface area contributed by atoms with Crippen molar-refractivity contribution in [3.05, 3.63) is 100 Å². The first-order chi connectivity index (χ1) is 18.1. The lowest BCUT2D eigenvalue weighted by Crippen LogP contribution is -2.36. The van der Waals surface area contributed by atoms with Gasteiger partial charge < -0.3 is 19.6 Å². The Bertz CT molecular complexity index is 1300. The number of carboxylic acids is 1. The maximum Gasteiger partial charge on any atom is 0.410 e. The minimum Gasteiger partial charge on any atom is -0.478 e. The molecule has 0 spiro atoms. The number of carbonyl (C=O) groups excluding carboxylic acids is 2. The van der Waals surface area contributed by atoms with Gasteiger partial charge in [0.2, 0.25) is 0 Å². The second-order valence-corrected chi connectivity index (χ2v) is 10.5. The number of nitrogens with zero attached hydrogens (tertiary/aromatic N) is 3. The Kier molecular flexibility index (Phi) is 8.10. The zero-order valence-electron chi connectivity index (χ0n) is 22.0. The highest BCUT2D eigenvalue weighted by molar-refractivity contribution is 5.96. The van der Waals surface area contributed by atoms with E-state index in [1.165, 1.54) is 0 Å². The summed E-state index contributed by atoms with van der Waals surface area (Å²) in [4.78, 5) is 45.8. The minimum atomic E-state index is -0.993. The van der Waals surface area contributed by atoms with Gasteiger partial charge in [-0.3, -0.25) is 9.78 Å². The molecule has 0 radical (unpaired) electrons. The molecule has 1 aliphatic rings. The number of amides is 2. The summed E-state index contributed by atoms with van der Waals surface area (Å²) in [6.07, 6.45) is 4.30. The maximum absolute atomic E-state index is 14.0. The van der Waals surface area contributed by atoms with Gasteiger partial charge in [-0.15, -0.1) is 0 Å². The summed E-state index contributed by atoms with van der Waals surface area (Å²) < 4.78 is 5.57. The first-order valence-electron chi connectivity index (χ1n) is 12.7. The second kappa shape index (κ2) is 11.5. The number of carboxylic acid groups (broad SMARTS) is 1. The fourth-order valence-electron chi connectivity index (χ4n) is 4.51. The van der Waals surface area contributed by atoms with E-state index in [2.05, 4.69) is 4.98 Å². The molecule has 0 unspecified atom stereocenters. The summed E-state index contributed by atoms with van der Waals surface area (Å²) in [5.74, 6) is -1.15. The van der Waals surface area contributed by atoms with Crippen LogP contribution in [0.4, 0.5) is 4.79 Å². The summed E-state index contributed by atoms with van der Waals surface area (Å²) in [6.45, 7) is 7.06. The number of aromatic carboxylic acids is 1. The van der Waals surface area contributed by atoms with Crippen LogP contribution in [0.15, 0.2) is 67.0 Å². The fourth-order valence-corrected chi connectivity index (χ4v) is 4.51. The van der Waals surface area contributed by atoms with Gasteiger partial charge in [0.1, 0.15) is 5.60 Å². The summed E-state index contributed by atoms with van der Waals surface area (Å²) >= 11 is 0. The largest absolute Gasteiger partial charge is 0.478 e. The van der Waals surface area contributed by atoms with Crippen LogP contribution >= 0.6 is 0 Å². The molecule has 2 aromatic carbocycles. The first-order valence-corrected chi connectivity index (χ1v) is 12.7. The zero-order valence-corrected chi connectivity index (χ0v) is 22.0. The number of fused-ring (bicyclic) bond motifs is 1. The van der Waals surface area contributed by atoms with Crippen molar-refractivity contribution in [3.8, 4) is 0 Å². The Balaban J connectivity index is 1.62. The van der Waals surface area contributed by atoms with Crippen LogP contribution in [0.5, 0.6) is 0 Å². The van der Waals surface area contributed by atoms with Crippen LogP contribution in [0.25, 0.3) is 0 Å². The summed E-state index contributed by atoms with van der Waals surface area (Å²) in [5, 5.41) is 9.23. The molecular formula is C30H33N3O5. The molecule has 198 valence electrons. The van der Waals surface area contributed by atoms with Gasteiger partial charge in [-0.1, -0.05) is 42.5 Å². The number of aromatic nitrogens is 1. The standard InChI is InChI=1S/C30H33N3O5/c1-30(2,3)38-29(37)32-15-7-10-25-24(20-32)16-31-17-26(25)27(34)33(18-21-8-5-4-6-9-21)19-22-11-13-23(14-12-22)28(35)36/h4-6,8-9,11-14,16-17H,7,10,15,18-20H2,1-3H3,(H,35,36). The number of hydrogen-bond donors (Lipinski definition) is 1. The molecule has 0 saturated carbocycles. The van der Waals surface area contributed by atoms with Crippen LogP contribution < -0.4 is 0 Å². The van der Waals surface area contributed by atoms with Gasteiger partial charge >= 0.3 is 12.1 Å². The average molecular weight is 516 g/mol. The third-order valence-corrected chi connectivity index (χ3v) is 6.32. The van der Waals surface area contributed by atoms with Crippen molar-refractivity contribution in [1.82, 2.24) is 14.8 Å². The lowest BCUT2D eigenvalue weighted by atomic mass is 9.99. The molecule has 0 aliphatic carbocycles. The SMILES string of the molecule is CC(C)(C)OC(=O)N1CCCc2c(cncc2C(=O)N(Cc2ccccc2)Cc2ccc(C(=O)O)cc2)C1. The van der Waals surface area contributed by atoms with Gasteiger partial charge in [-0.05, 0) is 68.0 Å². The van der Waals surface area contributed by atoms with Crippen molar-refractivity contribution in [2.45, 2.75) is 58.8 Å². The van der Waals surface area contributed by atoms with Crippen LogP contribution in [0.3, 0.4) is 0 Å². The van der Waals surface area contributed by atoms with Crippen LogP contribution in [0, 0.1) is 0 Å². The maximum atomic E-state index is 14.0. The van der Waals surface area contributed by atoms with E-state index in [0.717, 1.165) is 22.3 Å². The predicted octanol–water partition coefficient (Wildman–Crippen LogP) is 5.31. The van der Waals surface area contributed by atoms with Crippen molar-refractivity contribution in [2.24, 2.45) is 0 Å². The molecule has 0 atom stereocenters. The van der Waals surface area contributed by atoms with E-state index in [0.29, 0.717) is 44.6 Å². The van der Waals surface area contributed by atoms with Crippen molar-refractivity contribution >= 4 is 18.0 Å². The molecule has 38 heavy (non-hydrogen) atoms. The van der Waals surface area contributed by atoms with Crippen LogP contribution in [0.2, 0.25) is 0 Å². The van der Waals surface area contributed by atoms with E-state index in [4.69, 9.17) is 4.74 Å². The Labute approximate surface area is 222 Å². The number of carbonyl (C=O) groups is 3. The van der Waals surface area contributed by atoms with Gasteiger partial charge in [0.25, 0.3) is 5.91 Å².